The fraction of sp³-hybridized carbons (Fsp3) is 0.875. The Hall–Kier alpha value is -0.610. The van der Waals surface area contributed by atoms with Crippen molar-refractivity contribution in [1.29, 1.82) is 0 Å². The molecular formula is C8H16O4. The first kappa shape index (κ1) is 11.4. The number of carbonyl (C=O) groups is 1. The van der Waals surface area contributed by atoms with Gasteiger partial charge in [-0.05, 0) is 13.3 Å². The van der Waals surface area contributed by atoms with E-state index in [-0.39, 0.29) is 13.0 Å². The molecule has 0 aliphatic rings. The molecule has 0 bridgehead atoms. The van der Waals surface area contributed by atoms with Gasteiger partial charge in [0.1, 0.15) is 0 Å². The van der Waals surface area contributed by atoms with Crippen LogP contribution in [0.25, 0.3) is 0 Å². The van der Waals surface area contributed by atoms with Crippen molar-refractivity contribution in [3.8, 4) is 0 Å². The van der Waals surface area contributed by atoms with Crippen LogP contribution in [0.2, 0.25) is 0 Å². The number of aliphatic hydroxyl groups is 1. The van der Waals surface area contributed by atoms with E-state index < -0.39 is 11.8 Å². The van der Waals surface area contributed by atoms with E-state index in [0.29, 0.717) is 6.42 Å². The van der Waals surface area contributed by atoms with Gasteiger partial charge in [0.05, 0.1) is 0 Å². The molecule has 4 heteroatoms. The lowest BCUT2D eigenvalue weighted by molar-refractivity contribution is -0.224. The second-order valence-corrected chi connectivity index (χ2v) is 2.63. The summed E-state index contributed by atoms with van der Waals surface area (Å²) in [6.45, 7) is 3.78. The highest BCUT2D eigenvalue weighted by atomic mass is 16.6. The Bertz CT molecular complexity index is 146. The topological polar surface area (TPSA) is 66.8 Å². The number of unbranched alkanes of at least 4 members (excludes halogenated alkanes) is 1. The molecule has 0 heterocycles. The van der Waals surface area contributed by atoms with Crippen LogP contribution in [0.15, 0.2) is 0 Å². The summed E-state index contributed by atoms with van der Waals surface area (Å²) in [4.78, 5) is 10.5. The summed E-state index contributed by atoms with van der Waals surface area (Å²) in [7, 11) is 0. The van der Waals surface area contributed by atoms with E-state index in [1.54, 1.807) is 6.92 Å². The van der Waals surface area contributed by atoms with Gasteiger partial charge in [0.2, 0.25) is 0 Å². The minimum Gasteiger partial charge on any atom is -0.477 e. The average Bonchev–Trinajstić information content (AvgIpc) is 2.01. The van der Waals surface area contributed by atoms with E-state index in [9.17, 15) is 9.90 Å². The summed E-state index contributed by atoms with van der Waals surface area (Å²) in [5, 5.41) is 18.0. The highest BCUT2D eigenvalue weighted by molar-refractivity contribution is 5.75. The molecule has 4 nitrogen and oxygen atoms in total. The summed E-state index contributed by atoms with van der Waals surface area (Å²) in [6, 6.07) is 0. The first-order chi connectivity index (χ1) is 5.56. The van der Waals surface area contributed by atoms with Crippen molar-refractivity contribution in [1.82, 2.24) is 0 Å². The number of rotatable bonds is 6. The normalized spacial score (nSPS) is 15.6. The van der Waals surface area contributed by atoms with Crippen LogP contribution in [-0.4, -0.2) is 28.6 Å². The van der Waals surface area contributed by atoms with Crippen molar-refractivity contribution in [3.63, 3.8) is 0 Å². The maximum Gasteiger partial charge on any atom is 0.364 e. The molecule has 0 aliphatic carbocycles. The summed E-state index contributed by atoms with van der Waals surface area (Å²) in [5.41, 5.74) is 0. The second-order valence-electron chi connectivity index (χ2n) is 2.63. The monoisotopic (exact) mass is 176 g/mol. The summed E-state index contributed by atoms with van der Waals surface area (Å²) in [5.74, 6) is -3.29. The zero-order chi connectivity index (χ0) is 9.61. The molecule has 0 radical (unpaired) electrons. The first-order valence-corrected chi connectivity index (χ1v) is 4.16. The molecule has 0 fully saturated rings. The van der Waals surface area contributed by atoms with Crippen molar-refractivity contribution < 1.29 is 19.7 Å². The van der Waals surface area contributed by atoms with Gasteiger partial charge in [0.25, 0.3) is 5.79 Å². The number of hydrogen-bond acceptors (Lipinski definition) is 3. The Labute approximate surface area is 72.2 Å². The minimum atomic E-state index is -1.98. The largest absolute Gasteiger partial charge is 0.477 e. The van der Waals surface area contributed by atoms with E-state index in [0.717, 1.165) is 6.42 Å². The number of carboxylic acids is 1. The van der Waals surface area contributed by atoms with Crippen molar-refractivity contribution in [2.24, 2.45) is 0 Å². The number of hydrogen-bond donors (Lipinski definition) is 2. The Morgan fingerprint density at radius 2 is 2.08 bits per heavy atom. The highest BCUT2D eigenvalue weighted by Gasteiger charge is 2.35. The molecule has 0 aromatic carbocycles. The van der Waals surface area contributed by atoms with Gasteiger partial charge < -0.3 is 14.9 Å². The molecule has 0 amide bonds. The molecule has 1 atom stereocenters. The second kappa shape index (κ2) is 5.11. The molecule has 72 valence electrons. The summed E-state index contributed by atoms with van der Waals surface area (Å²) in [6.07, 6.45) is 1.62. The third-order valence-corrected chi connectivity index (χ3v) is 1.59. The predicted molar refractivity (Wildman–Crippen MR) is 43.7 cm³/mol. The van der Waals surface area contributed by atoms with Crippen LogP contribution in [0.5, 0.6) is 0 Å². The molecule has 0 aromatic rings. The van der Waals surface area contributed by atoms with E-state index in [1.165, 1.54) is 0 Å². The van der Waals surface area contributed by atoms with Crippen LogP contribution >= 0.6 is 0 Å². The van der Waals surface area contributed by atoms with Crippen molar-refractivity contribution in [3.05, 3.63) is 0 Å². The Morgan fingerprint density at radius 1 is 1.50 bits per heavy atom. The quantitative estimate of drug-likeness (QED) is 0.592. The third-order valence-electron chi connectivity index (χ3n) is 1.59. The van der Waals surface area contributed by atoms with Crippen LogP contribution in [-0.2, 0) is 9.53 Å². The number of aliphatic carboxylic acids is 1. The fourth-order valence-electron chi connectivity index (χ4n) is 0.896. The minimum absolute atomic E-state index is 0.146. The number of carboxylic acid groups (broad SMARTS) is 1. The zero-order valence-electron chi connectivity index (χ0n) is 7.54. The van der Waals surface area contributed by atoms with Gasteiger partial charge in [0.15, 0.2) is 0 Å². The lowest BCUT2D eigenvalue weighted by Crippen LogP contribution is -2.41. The molecule has 2 N–H and O–H groups in total. The van der Waals surface area contributed by atoms with Crippen LogP contribution in [0.3, 0.4) is 0 Å². The maximum absolute atomic E-state index is 10.5. The summed E-state index contributed by atoms with van der Waals surface area (Å²) < 4.78 is 4.75. The Kier molecular flexibility index (Phi) is 4.85. The molecule has 0 aromatic heterocycles. The zero-order valence-corrected chi connectivity index (χ0v) is 7.54. The SMILES string of the molecule is CCCCC(O)(OCC)C(=O)O. The van der Waals surface area contributed by atoms with E-state index >= 15 is 0 Å². The van der Waals surface area contributed by atoms with E-state index in [1.807, 2.05) is 6.92 Å². The van der Waals surface area contributed by atoms with Gasteiger partial charge >= 0.3 is 5.97 Å². The van der Waals surface area contributed by atoms with Gasteiger partial charge in [0, 0.05) is 13.0 Å². The molecule has 0 rings (SSSR count). The van der Waals surface area contributed by atoms with Crippen LogP contribution in [0.1, 0.15) is 33.1 Å². The third kappa shape index (κ3) is 3.19. The molecule has 0 spiro atoms. The van der Waals surface area contributed by atoms with Crippen molar-refractivity contribution in [2.45, 2.75) is 38.9 Å². The fourth-order valence-corrected chi connectivity index (χ4v) is 0.896. The molecule has 0 aliphatic heterocycles. The first-order valence-electron chi connectivity index (χ1n) is 4.16. The standard InChI is InChI=1S/C8H16O4/c1-3-5-6-8(11,7(9)10)12-4-2/h11H,3-6H2,1-2H3,(H,9,10). The summed E-state index contributed by atoms with van der Waals surface area (Å²) >= 11 is 0. The molecular weight excluding hydrogens is 160 g/mol. The van der Waals surface area contributed by atoms with Gasteiger partial charge in [-0.15, -0.1) is 0 Å². The smallest absolute Gasteiger partial charge is 0.364 e. The van der Waals surface area contributed by atoms with E-state index in [4.69, 9.17) is 9.84 Å². The number of ether oxygens (including phenoxy) is 1. The maximum atomic E-state index is 10.5. The van der Waals surface area contributed by atoms with E-state index in [2.05, 4.69) is 0 Å². The van der Waals surface area contributed by atoms with Gasteiger partial charge in [-0.2, -0.15) is 0 Å². The van der Waals surface area contributed by atoms with Crippen LogP contribution in [0.4, 0.5) is 0 Å². The Morgan fingerprint density at radius 3 is 2.42 bits per heavy atom. The molecule has 0 saturated heterocycles. The van der Waals surface area contributed by atoms with Crippen molar-refractivity contribution >= 4 is 5.97 Å². The predicted octanol–water partition coefficient (Wildman–Crippen LogP) is 0.986. The average molecular weight is 176 g/mol. The van der Waals surface area contributed by atoms with Gasteiger partial charge in [-0.1, -0.05) is 13.3 Å². The lowest BCUT2D eigenvalue weighted by Gasteiger charge is -2.22. The van der Waals surface area contributed by atoms with Crippen LogP contribution in [0, 0.1) is 0 Å². The Balaban J connectivity index is 4.08. The van der Waals surface area contributed by atoms with Crippen molar-refractivity contribution in [2.75, 3.05) is 6.61 Å². The lowest BCUT2D eigenvalue weighted by atomic mass is 10.1. The molecule has 1 unspecified atom stereocenters. The molecule has 0 saturated carbocycles. The van der Waals surface area contributed by atoms with Gasteiger partial charge in [-0.25, -0.2) is 4.79 Å². The highest BCUT2D eigenvalue weighted by Crippen LogP contribution is 2.16. The van der Waals surface area contributed by atoms with Crippen LogP contribution < -0.4 is 0 Å². The van der Waals surface area contributed by atoms with Gasteiger partial charge in [-0.3, -0.25) is 0 Å². The molecule has 12 heavy (non-hydrogen) atoms.